The first-order valence-corrected chi connectivity index (χ1v) is 4.54. The fourth-order valence-electron chi connectivity index (χ4n) is 1.04. The van der Waals surface area contributed by atoms with Crippen LogP contribution >= 0.6 is 0 Å². The zero-order valence-electron chi connectivity index (χ0n) is 8.33. The highest BCUT2D eigenvalue weighted by atomic mass is 16.4. The minimum Gasteiger partial charge on any atom is -0.480 e. The van der Waals surface area contributed by atoms with Gasteiger partial charge < -0.3 is 15.5 Å². The average molecular weight is 225 g/mol. The van der Waals surface area contributed by atoms with Crippen molar-refractivity contribution in [2.24, 2.45) is 0 Å². The number of carbonyl (C=O) groups excluding carboxylic acids is 1. The number of carboxylic acid groups (broad SMARTS) is 1. The lowest BCUT2D eigenvalue weighted by atomic mass is 10.2. The van der Waals surface area contributed by atoms with Crippen LogP contribution in [0.5, 0.6) is 0 Å². The van der Waals surface area contributed by atoms with Crippen molar-refractivity contribution in [2.45, 2.75) is 12.5 Å². The van der Waals surface area contributed by atoms with Gasteiger partial charge in [0, 0.05) is 25.4 Å². The molecule has 16 heavy (non-hydrogen) atoms. The van der Waals surface area contributed by atoms with Crippen molar-refractivity contribution in [1.82, 2.24) is 15.3 Å². The number of aromatic nitrogens is 2. The predicted molar refractivity (Wildman–Crippen MR) is 52.6 cm³/mol. The number of nitrogens with zero attached hydrogens (tertiary/aromatic N) is 2. The second kappa shape index (κ2) is 5.76. The lowest BCUT2D eigenvalue weighted by Crippen LogP contribution is -2.41. The van der Waals surface area contributed by atoms with E-state index in [-0.39, 0.29) is 18.6 Å². The van der Waals surface area contributed by atoms with Crippen molar-refractivity contribution in [2.75, 3.05) is 6.61 Å². The summed E-state index contributed by atoms with van der Waals surface area (Å²) < 4.78 is 0. The molecule has 0 aliphatic carbocycles. The van der Waals surface area contributed by atoms with Gasteiger partial charge in [-0.25, -0.2) is 14.8 Å². The van der Waals surface area contributed by atoms with Gasteiger partial charge in [-0.3, -0.25) is 4.79 Å². The largest absolute Gasteiger partial charge is 0.480 e. The first-order valence-electron chi connectivity index (χ1n) is 4.54. The van der Waals surface area contributed by atoms with Gasteiger partial charge in [-0.2, -0.15) is 0 Å². The van der Waals surface area contributed by atoms with Gasteiger partial charge in [0.05, 0.1) is 5.56 Å². The normalized spacial score (nSPS) is 11.8. The van der Waals surface area contributed by atoms with E-state index in [0.29, 0.717) is 0 Å². The number of hydrogen-bond donors (Lipinski definition) is 3. The van der Waals surface area contributed by atoms with Crippen molar-refractivity contribution in [3.8, 4) is 0 Å². The highest BCUT2D eigenvalue weighted by Crippen LogP contribution is 1.97. The number of aliphatic hydroxyl groups is 1. The second-order valence-electron chi connectivity index (χ2n) is 3.00. The van der Waals surface area contributed by atoms with Gasteiger partial charge in [0.15, 0.2) is 0 Å². The maximum absolute atomic E-state index is 11.5. The summed E-state index contributed by atoms with van der Waals surface area (Å²) in [5.74, 6) is -1.78. The molecule has 0 unspecified atom stereocenters. The van der Waals surface area contributed by atoms with E-state index in [9.17, 15) is 9.59 Å². The van der Waals surface area contributed by atoms with Gasteiger partial charge in [-0.1, -0.05) is 0 Å². The number of nitrogens with one attached hydrogen (secondary N) is 1. The molecule has 0 spiro atoms. The first kappa shape index (κ1) is 12.1. The number of rotatable bonds is 5. The van der Waals surface area contributed by atoms with Crippen molar-refractivity contribution < 1.29 is 19.8 Å². The Kier molecular flexibility index (Phi) is 4.34. The lowest BCUT2D eigenvalue weighted by molar-refractivity contribution is -0.139. The molecule has 86 valence electrons. The van der Waals surface area contributed by atoms with Gasteiger partial charge in [0.1, 0.15) is 12.4 Å². The number of aliphatic carboxylic acids is 1. The monoisotopic (exact) mass is 225 g/mol. The third kappa shape index (κ3) is 3.28. The Morgan fingerprint density at radius 2 is 2.00 bits per heavy atom. The minimum absolute atomic E-state index is 0.0469. The lowest BCUT2D eigenvalue weighted by Gasteiger charge is -2.12. The van der Waals surface area contributed by atoms with Gasteiger partial charge >= 0.3 is 5.97 Å². The van der Waals surface area contributed by atoms with Crippen molar-refractivity contribution >= 4 is 11.9 Å². The minimum atomic E-state index is -1.20. The molecule has 0 radical (unpaired) electrons. The molecule has 7 nitrogen and oxygen atoms in total. The number of carboxylic acids is 1. The molecule has 1 aromatic heterocycles. The fourth-order valence-corrected chi connectivity index (χ4v) is 1.04. The van der Waals surface area contributed by atoms with Gasteiger partial charge in [0.2, 0.25) is 0 Å². The molecule has 1 amide bonds. The van der Waals surface area contributed by atoms with E-state index in [1.165, 1.54) is 18.7 Å². The van der Waals surface area contributed by atoms with Crippen LogP contribution in [0, 0.1) is 0 Å². The van der Waals surface area contributed by atoms with Crippen LogP contribution in [0.15, 0.2) is 18.7 Å². The molecular formula is C9H11N3O4. The zero-order valence-corrected chi connectivity index (χ0v) is 8.33. The molecule has 1 aromatic rings. The molecule has 3 N–H and O–H groups in total. The topological polar surface area (TPSA) is 112 Å². The molecule has 0 aliphatic heterocycles. The van der Waals surface area contributed by atoms with Gasteiger partial charge in [-0.15, -0.1) is 0 Å². The smallest absolute Gasteiger partial charge is 0.326 e. The van der Waals surface area contributed by atoms with Crippen LogP contribution < -0.4 is 5.32 Å². The van der Waals surface area contributed by atoms with Crippen LogP contribution in [0.25, 0.3) is 0 Å². The molecule has 7 heteroatoms. The molecular weight excluding hydrogens is 214 g/mol. The Labute approximate surface area is 91.2 Å². The van der Waals surface area contributed by atoms with E-state index >= 15 is 0 Å². The Balaban J connectivity index is 2.65. The Hall–Kier alpha value is -2.02. The number of carbonyl (C=O) groups is 2. The number of aliphatic hydroxyl groups excluding tert-OH is 1. The molecule has 0 aliphatic rings. The van der Waals surface area contributed by atoms with E-state index < -0.39 is 17.9 Å². The highest BCUT2D eigenvalue weighted by Gasteiger charge is 2.19. The third-order valence-corrected chi connectivity index (χ3v) is 1.84. The summed E-state index contributed by atoms with van der Waals surface area (Å²) >= 11 is 0. The molecule has 1 atom stereocenters. The fraction of sp³-hybridized carbons (Fsp3) is 0.333. The maximum atomic E-state index is 11.5. The van der Waals surface area contributed by atoms with Gasteiger partial charge in [0.25, 0.3) is 5.91 Å². The van der Waals surface area contributed by atoms with Crippen molar-refractivity contribution in [3.05, 3.63) is 24.3 Å². The highest BCUT2D eigenvalue weighted by molar-refractivity contribution is 5.95. The molecule has 1 heterocycles. The number of hydrogen-bond acceptors (Lipinski definition) is 5. The summed E-state index contributed by atoms with van der Waals surface area (Å²) in [7, 11) is 0. The van der Waals surface area contributed by atoms with E-state index in [0.717, 1.165) is 0 Å². The summed E-state index contributed by atoms with van der Waals surface area (Å²) in [5.41, 5.74) is 0.173. The summed E-state index contributed by atoms with van der Waals surface area (Å²) in [6.45, 7) is -0.317. The Morgan fingerprint density at radius 3 is 2.50 bits per heavy atom. The van der Waals surface area contributed by atoms with Gasteiger partial charge in [-0.05, 0) is 0 Å². The summed E-state index contributed by atoms with van der Waals surface area (Å²) in [5, 5.41) is 19.6. The molecule has 0 bridgehead atoms. The molecule has 0 aromatic carbocycles. The quantitative estimate of drug-likeness (QED) is 0.595. The summed E-state index contributed by atoms with van der Waals surface area (Å²) in [4.78, 5) is 29.5. The maximum Gasteiger partial charge on any atom is 0.326 e. The summed E-state index contributed by atoms with van der Waals surface area (Å²) in [6.07, 6.45) is 3.77. The van der Waals surface area contributed by atoms with Crippen LogP contribution in [-0.2, 0) is 4.79 Å². The van der Waals surface area contributed by atoms with Crippen molar-refractivity contribution in [3.63, 3.8) is 0 Å². The van der Waals surface area contributed by atoms with Crippen LogP contribution in [0.3, 0.4) is 0 Å². The average Bonchev–Trinajstić information content (AvgIpc) is 2.29. The predicted octanol–water partition coefficient (Wildman–Crippen LogP) is -0.958. The Bertz CT molecular complexity index is 368. The zero-order chi connectivity index (χ0) is 12.0. The SMILES string of the molecule is O=C(N[C@@H](CCO)C(=O)O)c1cncnc1. The first-order chi connectivity index (χ1) is 7.65. The van der Waals surface area contributed by atoms with Crippen LogP contribution in [-0.4, -0.2) is 44.7 Å². The van der Waals surface area contributed by atoms with E-state index in [4.69, 9.17) is 10.2 Å². The molecule has 0 fully saturated rings. The van der Waals surface area contributed by atoms with Crippen molar-refractivity contribution in [1.29, 1.82) is 0 Å². The van der Waals surface area contributed by atoms with Crippen LogP contribution in [0.2, 0.25) is 0 Å². The van der Waals surface area contributed by atoms with Crippen LogP contribution in [0.1, 0.15) is 16.8 Å². The van der Waals surface area contributed by atoms with E-state index in [1.54, 1.807) is 0 Å². The standard InChI is InChI=1S/C9H11N3O4/c13-2-1-7(9(15)16)12-8(14)6-3-10-5-11-4-6/h3-5,7,13H,1-2H2,(H,12,14)(H,15,16)/t7-/m0/s1. The Morgan fingerprint density at radius 1 is 1.38 bits per heavy atom. The number of amides is 1. The summed E-state index contributed by atoms with van der Waals surface area (Å²) in [6, 6.07) is -1.11. The molecule has 1 rings (SSSR count). The molecule has 0 saturated heterocycles. The van der Waals surface area contributed by atoms with Crippen LogP contribution in [0.4, 0.5) is 0 Å². The van der Waals surface area contributed by atoms with E-state index in [2.05, 4.69) is 15.3 Å². The molecule has 0 saturated carbocycles. The van der Waals surface area contributed by atoms with E-state index in [1.807, 2.05) is 0 Å². The second-order valence-corrected chi connectivity index (χ2v) is 3.00. The third-order valence-electron chi connectivity index (χ3n) is 1.84.